The summed E-state index contributed by atoms with van der Waals surface area (Å²) in [5, 5.41) is 2.90. The molecule has 2 aromatic rings. The number of benzene rings is 1. The first-order valence-electron chi connectivity index (χ1n) is 7.85. The molecular formula is C18H21N3O2. The number of hydrogen-bond acceptors (Lipinski definition) is 4. The summed E-state index contributed by atoms with van der Waals surface area (Å²) in [5.74, 6) is -0.154. The summed E-state index contributed by atoms with van der Waals surface area (Å²) < 4.78 is 5.34. The molecule has 1 saturated heterocycles. The lowest BCUT2D eigenvalue weighted by Crippen LogP contribution is -2.36. The first-order valence-corrected chi connectivity index (χ1v) is 7.85. The maximum Gasteiger partial charge on any atom is 0.270 e. The summed E-state index contributed by atoms with van der Waals surface area (Å²) in [6.07, 6.45) is 1.76. The first kappa shape index (κ1) is 15.5. The van der Waals surface area contributed by atoms with Gasteiger partial charge in [0.1, 0.15) is 5.69 Å². The molecule has 1 fully saturated rings. The van der Waals surface area contributed by atoms with Crippen LogP contribution in [0, 0.1) is 6.92 Å². The molecule has 23 heavy (non-hydrogen) atoms. The third-order valence-corrected chi connectivity index (χ3v) is 3.93. The fourth-order valence-electron chi connectivity index (χ4n) is 2.51. The zero-order valence-electron chi connectivity index (χ0n) is 13.3. The Hall–Kier alpha value is -2.40. The van der Waals surface area contributed by atoms with Crippen molar-refractivity contribution < 1.29 is 9.53 Å². The van der Waals surface area contributed by atoms with Crippen LogP contribution in [0.15, 0.2) is 42.6 Å². The van der Waals surface area contributed by atoms with Gasteiger partial charge in [0.2, 0.25) is 0 Å². The minimum absolute atomic E-state index is 0.154. The van der Waals surface area contributed by atoms with Gasteiger partial charge in [-0.2, -0.15) is 0 Å². The van der Waals surface area contributed by atoms with E-state index in [-0.39, 0.29) is 5.91 Å². The van der Waals surface area contributed by atoms with Gasteiger partial charge in [-0.05, 0) is 24.6 Å². The van der Waals surface area contributed by atoms with Crippen molar-refractivity contribution >= 4 is 11.6 Å². The van der Waals surface area contributed by atoms with Gasteiger partial charge in [0.25, 0.3) is 5.91 Å². The van der Waals surface area contributed by atoms with Gasteiger partial charge < -0.3 is 15.0 Å². The van der Waals surface area contributed by atoms with Crippen LogP contribution in [0.25, 0.3) is 0 Å². The standard InChI is InChI=1S/C18H21N3O2/c1-14-2-4-15(5-3-14)12-20-18(22)17-7-6-16(13-19-17)21-8-10-23-11-9-21/h2-7,13H,8-12H2,1H3,(H,20,22). The summed E-state index contributed by atoms with van der Waals surface area (Å²) >= 11 is 0. The Bertz CT molecular complexity index is 647. The average molecular weight is 311 g/mol. The molecule has 0 unspecified atom stereocenters. The van der Waals surface area contributed by atoms with Crippen LogP contribution in [0.2, 0.25) is 0 Å². The molecule has 0 atom stereocenters. The molecule has 0 saturated carbocycles. The molecule has 2 heterocycles. The van der Waals surface area contributed by atoms with Crippen LogP contribution in [-0.2, 0) is 11.3 Å². The Kier molecular flexibility index (Phi) is 4.88. The monoisotopic (exact) mass is 311 g/mol. The Morgan fingerprint density at radius 3 is 2.57 bits per heavy atom. The second-order valence-electron chi connectivity index (χ2n) is 5.67. The van der Waals surface area contributed by atoms with Crippen LogP contribution < -0.4 is 10.2 Å². The molecule has 0 radical (unpaired) electrons. The van der Waals surface area contributed by atoms with Crippen LogP contribution >= 0.6 is 0 Å². The molecule has 0 aliphatic carbocycles. The molecule has 3 rings (SSSR count). The molecule has 0 bridgehead atoms. The van der Waals surface area contributed by atoms with Gasteiger partial charge in [0.15, 0.2) is 0 Å². The topological polar surface area (TPSA) is 54.5 Å². The lowest BCUT2D eigenvalue weighted by atomic mass is 10.1. The van der Waals surface area contributed by atoms with Crippen LogP contribution in [-0.4, -0.2) is 37.2 Å². The molecule has 5 nitrogen and oxygen atoms in total. The van der Waals surface area contributed by atoms with Gasteiger partial charge in [0, 0.05) is 19.6 Å². The Balaban J connectivity index is 1.57. The lowest BCUT2D eigenvalue weighted by molar-refractivity contribution is 0.0946. The van der Waals surface area contributed by atoms with Crippen molar-refractivity contribution in [3.05, 3.63) is 59.4 Å². The summed E-state index contributed by atoms with van der Waals surface area (Å²) in [6.45, 7) is 5.74. The van der Waals surface area contributed by atoms with E-state index in [0.717, 1.165) is 37.6 Å². The lowest BCUT2D eigenvalue weighted by Gasteiger charge is -2.28. The first-order chi connectivity index (χ1) is 11.2. The van der Waals surface area contributed by atoms with E-state index in [2.05, 4.69) is 15.2 Å². The van der Waals surface area contributed by atoms with Crippen molar-refractivity contribution in [3.63, 3.8) is 0 Å². The zero-order chi connectivity index (χ0) is 16.1. The van der Waals surface area contributed by atoms with Gasteiger partial charge in [-0.3, -0.25) is 4.79 Å². The Labute approximate surface area is 136 Å². The highest BCUT2D eigenvalue weighted by Crippen LogP contribution is 2.14. The molecule has 120 valence electrons. The molecule has 1 aliphatic rings. The number of carbonyl (C=O) groups excluding carboxylic acids is 1. The normalized spacial score (nSPS) is 14.6. The van der Waals surface area contributed by atoms with Crippen molar-refractivity contribution in [1.29, 1.82) is 0 Å². The number of pyridine rings is 1. The molecular weight excluding hydrogens is 290 g/mol. The van der Waals surface area contributed by atoms with Gasteiger partial charge in [-0.1, -0.05) is 29.8 Å². The number of rotatable bonds is 4. The average Bonchev–Trinajstić information content (AvgIpc) is 2.62. The third-order valence-electron chi connectivity index (χ3n) is 3.93. The van der Waals surface area contributed by atoms with E-state index in [9.17, 15) is 4.79 Å². The number of morpholine rings is 1. The number of ether oxygens (including phenoxy) is 1. The van der Waals surface area contributed by atoms with E-state index in [1.54, 1.807) is 12.3 Å². The third kappa shape index (κ3) is 4.07. The number of nitrogens with one attached hydrogen (secondary N) is 1. The number of aryl methyl sites for hydroxylation is 1. The molecule has 1 N–H and O–H groups in total. The Morgan fingerprint density at radius 2 is 1.91 bits per heavy atom. The van der Waals surface area contributed by atoms with Crippen LogP contribution in [0.1, 0.15) is 21.6 Å². The van der Waals surface area contributed by atoms with E-state index in [1.807, 2.05) is 37.3 Å². The number of aromatic nitrogens is 1. The highest BCUT2D eigenvalue weighted by molar-refractivity contribution is 5.92. The van der Waals surface area contributed by atoms with Crippen LogP contribution in [0.4, 0.5) is 5.69 Å². The number of amides is 1. The van der Waals surface area contributed by atoms with E-state index in [4.69, 9.17) is 4.74 Å². The molecule has 0 spiro atoms. The maximum absolute atomic E-state index is 12.2. The molecule has 1 aromatic heterocycles. The number of nitrogens with zero attached hydrogens (tertiary/aromatic N) is 2. The minimum atomic E-state index is -0.154. The zero-order valence-corrected chi connectivity index (χ0v) is 13.3. The van der Waals surface area contributed by atoms with E-state index < -0.39 is 0 Å². The largest absolute Gasteiger partial charge is 0.378 e. The van der Waals surface area contributed by atoms with Crippen molar-refractivity contribution in [1.82, 2.24) is 10.3 Å². The Morgan fingerprint density at radius 1 is 1.17 bits per heavy atom. The van der Waals surface area contributed by atoms with Crippen LogP contribution in [0.5, 0.6) is 0 Å². The predicted molar refractivity (Wildman–Crippen MR) is 89.6 cm³/mol. The van der Waals surface area contributed by atoms with E-state index in [0.29, 0.717) is 12.2 Å². The summed E-state index contributed by atoms with van der Waals surface area (Å²) in [7, 11) is 0. The fraction of sp³-hybridized carbons (Fsp3) is 0.333. The quantitative estimate of drug-likeness (QED) is 0.940. The van der Waals surface area contributed by atoms with Crippen molar-refractivity contribution in [3.8, 4) is 0 Å². The fourth-order valence-corrected chi connectivity index (χ4v) is 2.51. The minimum Gasteiger partial charge on any atom is -0.378 e. The SMILES string of the molecule is Cc1ccc(CNC(=O)c2ccc(N3CCOCC3)cn2)cc1. The second-order valence-corrected chi connectivity index (χ2v) is 5.67. The van der Waals surface area contributed by atoms with Gasteiger partial charge in [0.05, 0.1) is 25.1 Å². The smallest absolute Gasteiger partial charge is 0.270 e. The van der Waals surface area contributed by atoms with Gasteiger partial charge in [-0.15, -0.1) is 0 Å². The summed E-state index contributed by atoms with van der Waals surface area (Å²) in [6, 6.07) is 11.8. The second kappa shape index (κ2) is 7.24. The van der Waals surface area contributed by atoms with Crippen molar-refractivity contribution in [2.45, 2.75) is 13.5 Å². The molecule has 1 aromatic carbocycles. The maximum atomic E-state index is 12.2. The summed E-state index contributed by atoms with van der Waals surface area (Å²) in [4.78, 5) is 18.7. The van der Waals surface area contributed by atoms with Gasteiger partial charge >= 0.3 is 0 Å². The van der Waals surface area contributed by atoms with Gasteiger partial charge in [-0.25, -0.2) is 4.98 Å². The number of carbonyl (C=O) groups is 1. The highest BCUT2D eigenvalue weighted by Gasteiger charge is 2.13. The van der Waals surface area contributed by atoms with E-state index in [1.165, 1.54) is 5.56 Å². The highest BCUT2D eigenvalue weighted by atomic mass is 16.5. The molecule has 1 aliphatic heterocycles. The van der Waals surface area contributed by atoms with Crippen molar-refractivity contribution in [2.75, 3.05) is 31.2 Å². The molecule has 1 amide bonds. The summed E-state index contributed by atoms with van der Waals surface area (Å²) in [5.41, 5.74) is 3.76. The molecule has 5 heteroatoms. The predicted octanol–water partition coefficient (Wildman–Crippen LogP) is 2.16. The number of hydrogen-bond donors (Lipinski definition) is 1. The van der Waals surface area contributed by atoms with E-state index >= 15 is 0 Å². The van der Waals surface area contributed by atoms with Crippen LogP contribution in [0.3, 0.4) is 0 Å². The number of anilines is 1. The van der Waals surface area contributed by atoms with Crippen molar-refractivity contribution in [2.24, 2.45) is 0 Å².